The third kappa shape index (κ3) is 6.81. The highest BCUT2D eigenvalue weighted by Gasteiger charge is 2.15. The maximum Gasteiger partial charge on any atom is 0.407 e. The molecule has 6 nitrogen and oxygen atoms in total. The predicted octanol–water partition coefficient (Wildman–Crippen LogP) is 2.34. The second-order valence-corrected chi connectivity index (χ2v) is 5.24. The molecular weight excluding hydrogens is 270 g/mol. The highest BCUT2D eigenvalue weighted by molar-refractivity contribution is 6.29. The fraction of sp³-hybridized carbons (Fsp3) is 0.583. The summed E-state index contributed by atoms with van der Waals surface area (Å²) in [6.45, 7) is 7.71. The van der Waals surface area contributed by atoms with Crippen LogP contribution in [0.1, 0.15) is 26.6 Å². The van der Waals surface area contributed by atoms with Crippen LogP contribution in [0.15, 0.2) is 6.07 Å². The molecule has 1 aromatic heterocycles. The van der Waals surface area contributed by atoms with Gasteiger partial charge in [-0.25, -0.2) is 9.78 Å². The van der Waals surface area contributed by atoms with E-state index in [1.165, 1.54) is 6.07 Å². The summed E-state index contributed by atoms with van der Waals surface area (Å²) in [5, 5.41) is 2.90. The van der Waals surface area contributed by atoms with Gasteiger partial charge in [0.1, 0.15) is 23.2 Å². The average Bonchev–Trinajstić information content (AvgIpc) is 2.20. The first-order chi connectivity index (χ1) is 8.76. The number of amides is 1. The molecule has 1 aromatic rings. The SMILES string of the molecule is Cc1nc(Cl)cc(OCCNC(=O)OC(C)(C)C)n1. The van der Waals surface area contributed by atoms with Gasteiger partial charge in [-0.15, -0.1) is 0 Å². The summed E-state index contributed by atoms with van der Waals surface area (Å²) in [5.74, 6) is 0.908. The second-order valence-electron chi connectivity index (χ2n) is 4.85. The summed E-state index contributed by atoms with van der Waals surface area (Å²) in [5.41, 5.74) is -0.512. The van der Waals surface area contributed by atoms with Gasteiger partial charge in [0.15, 0.2) is 0 Å². The molecule has 0 fully saturated rings. The zero-order valence-corrected chi connectivity index (χ0v) is 12.2. The molecule has 106 valence electrons. The molecule has 0 radical (unpaired) electrons. The van der Waals surface area contributed by atoms with Crippen molar-refractivity contribution in [1.29, 1.82) is 0 Å². The Kier molecular flexibility index (Phi) is 5.35. The van der Waals surface area contributed by atoms with Crippen LogP contribution in [0.2, 0.25) is 5.15 Å². The molecule has 1 N–H and O–H groups in total. The van der Waals surface area contributed by atoms with E-state index in [0.717, 1.165) is 0 Å². The Morgan fingerprint density at radius 1 is 1.42 bits per heavy atom. The molecule has 1 rings (SSSR count). The van der Waals surface area contributed by atoms with Crippen molar-refractivity contribution < 1.29 is 14.3 Å². The van der Waals surface area contributed by atoms with Crippen molar-refractivity contribution in [2.24, 2.45) is 0 Å². The molecule has 0 saturated carbocycles. The molecule has 19 heavy (non-hydrogen) atoms. The van der Waals surface area contributed by atoms with E-state index in [9.17, 15) is 4.79 Å². The highest BCUT2D eigenvalue weighted by Crippen LogP contribution is 2.12. The number of rotatable bonds is 4. The van der Waals surface area contributed by atoms with Gasteiger partial charge in [-0.05, 0) is 27.7 Å². The zero-order chi connectivity index (χ0) is 14.5. The summed E-state index contributed by atoms with van der Waals surface area (Å²) in [7, 11) is 0. The van der Waals surface area contributed by atoms with Crippen LogP contribution >= 0.6 is 11.6 Å². The first-order valence-electron chi connectivity index (χ1n) is 5.87. The number of carbonyl (C=O) groups is 1. The van der Waals surface area contributed by atoms with E-state index in [1.807, 2.05) is 0 Å². The Labute approximate surface area is 117 Å². The number of alkyl carbamates (subject to hydrolysis) is 1. The number of aryl methyl sites for hydroxylation is 1. The van der Waals surface area contributed by atoms with E-state index >= 15 is 0 Å². The topological polar surface area (TPSA) is 73.3 Å². The van der Waals surface area contributed by atoms with Crippen LogP contribution in [0, 0.1) is 6.92 Å². The van der Waals surface area contributed by atoms with Crippen LogP contribution < -0.4 is 10.1 Å². The van der Waals surface area contributed by atoms with Crippen LogP contribution in [0.5, 0.6) is 5.88 Å². The summed E-state index contributed by atoms with van der Waals surface area (Å²) < 4.78 is 10.4. The van der Waals surface area contributed by atoms with Gasteiger partial charge in [-0.2, -0.15) is 4.98 Å². The minimum atomic E-state index is -0.512. The minimum absolute atomic E-state index is 0.270. The largest absolute Gasteiger partial charge is 0.476 e. The first kappa shape index (κ1) is 15.5. The van der Waals surface area contributed by atoms with Crippen LogP contribution in [0.4, 0.5) is 4.79 Å². The van der Waals surface area contributed by atoms with Gasteiger partial charge in [-0.1, -0.05) is 11.6 Å². The van der Waals surface area contributed by atoms with Gasteiger partial charge in [0.05, 0.1) is 6.54 Å². The van der Waals surface area contributed by atoms with Gasteiger partial charge in [-0.3, -0.25) is 0 Å². The Morgan fingerprint density at radius 3 is 2.68 bits per heavy atom. The van der Waals surface area contributed by atoms with Crippen molar-refractivity contribution in [3.8, 4) is 5.88 Å². The number of carbonyl (C=O) groups excluding carboxylic acids is 1. The van der Waals surface area contributed by atoms with Gasteiger partial charge < -0.3 is 14.8 Å². The smallest absolute Gasteiger partial charge is 0.407 e. The normalized spacial score (nSPS) is 11.0. The molecule has 0 atom stereocenters. The molecule has 0 spiro atoms. The molecule has 0 aromatic carbocycles. The number of hydrogen-bond acceptors (Lipinski definition) is 5. The number of ether oxygens (including phenoxy) is 2. The Morgan fingerprint density at radius 2 is 2.11 bits per heavy atom. The first-order valence-corrected chi connectivity index (χ1v) is 6.25. The van der Waals surface area contributed by atoms with Crippen molar-refractivity contribution in [3.05, 3.63) is 17.0 Å². The summed E-state index contributed by atoms with van der Waals surface area (Å²) in [6.07, 6.45) is -0.479. The maximum absolute atomic E-state index is 11.3. The molecule has 0 saturated heterocycles. The molecule has 1 amide bonds. The summed E-state index contributed by atoms with van der Waals surface area (Å²) >= 11 is 5.77. The van der Waals surface area contributed by atoms with E-state index in [4.69, 9.17) is 21.1 Å². The van der Waals surface area contributed by atoms with E-state index in [0.29, 0.717) is 23.4 Å². The minimum Gasteiger partial charge on any atom is -0.476 e. The van der Waals surface area contributed by atoms with Gasteiger partial charge in [0.25, 0.3) is 0 Å². The highest BCUT2D eigenvalue weighted by atomic mass is 35.5. The lowest BCUT2D eigenvalue weighted by Gasteiger charge is -2.19. The number of aromatic nitrogens is 2. The van der Waals surface area contributed by atoms with Crippen molar-refractivity contribution in [2.75, 3.05) is 13.2 Å². The second kappa shape index (κ2) is 6.56. The number of hydrogen-bond donors (Lipinski definition) is 1. The third-order valence-corrected chi connectivity index (χ3v) is 2.00. The van der Waals surface area contributed by atoms with Crippen LogP contribution in [0.3, 0.4) is 0 Å². The molecule has 1 heterocycles. The van der Waals surface area contributed by atoms with E-state index in [1.54, 1.807) is 27.7 Å². The lowest BCUT2D eigenvalue weighted by Crippen LogP contribution is -2.34. The summed E-state index contributed by atoms with van der Waals surface area (Å²) in [4.78, 5) is 19.3. The van der Waals surface area contributed by atoms with Crippen LogP contribution in [0.25, 0.3) is 0 Å². The quantitative estimate of drug-likeness (QED) is 0.680. The molecule has 0 bridgehead atoms. The molecule has 0 unspecified atom stereocenters. The third-order valence-electron chi connectivity index (χ3n) is 1.80. The molecule has 0 aliphatic heterocycles. The Bertz CT molecular complexity index is 426. The van der Waals surface area contributed by atoms with E-state index in [-0.39, 0.29) is 6.61 Å². The predicted molar refractivity (Wildman–Crippen MR) is 71.5 cm³/mol. The lowest BCUT2D eigenvalue weighted by atomic mass is 10.2. The van der Waals surface area contributed by atoms with E-state index < -0.39 is 11.7 Å². The van der Waals surface area contributed by atoms with Gasteiger partial charge in [0, 0.05) is 6.07 Å². The molecule has 7 heteroatoms. The maximum atomic E-state index is 11.3. The number of nitrogens with zero attached hydrogens (tertiary/aromatic N) is 2. The fourth-order valence-electron chi connectivity index (χ4n) is 1.20. The molecular formula is C12H18ClN3O3. The Hall–Kier alpha value is -1.56. The fourth-order valence-corrected chi connectivity index (χ4v) is 1.42. The van der Waals surface area contributed by atoms with Gasteiger partial charge >= 0.3 is 6.09 Å². The van der Waals surface area contributed by atoms with Crippen molar-refractivity contribution in [3.63, 3.8) is 0 Å². The van der Waals surface area contributed by atoms with Gasteiger partial charge in [0.2, 0.25) is 5.88 Å². The lowest BCUT2D eigenvalue weighted by molar-refractivity contribution is 0.0520. The standard InChI is InChI=1S/C12H18ClN3O3/c1-8-15-9(13)7-10(16-8)18-6-5-14-11(17)19-12(2,3)4/h7H,5-6H2,1-4H3,(H,14,17). The monoisotopic (exact) mass is 287 g/mol. The van der Waals surface area contributed by atoms with Crippen molar-refractivity contribution >= 4 is 17.7 Å². The van der Waals surface area contributed by atoms with Crippen LogP contribution in [-0.2, 0) is 4.74 Å². The molecule has 0 aliphatic carbocycles. The molecule has 0 aliphatic rings. The van der Waals surface area contributed by atoms with Crippen LogP contribution in [-0.4, -0.2) is 34.8 Å². The number of halogens is 1. The summed E-state index contributed by atoms with van der Waals surface area (Å²) in [6, 6.07) is 1.52. The van der Waals surface area contributed by atoms with Crippen molar-refractivity contribution in [1.82, 2.24) is 15.3 Å². The van der Waals surface area contributed by atoms with Crippen molar-refractivity contribution in [2.45, 2.75) is 33.3 Å². The number of nitrogens with one attached hydrogen (secondary N) is 1. The van der Waals surface area contributed by atoms with E-state index in [2.05, 4.69) is 15.3 Å². The average molecular weight is 288 g/mol. The Balaban J connectivity index is 2.29. The zero-order valence-electron chi connectivity index (χ0n) is 11.5.